The van der Waals surface area contributed by atoms with E-state index in [1.165, 1.54) is 11.0 Å². The highest BCUT2D eigenvalue weighted by molar-refractivity contribution is 6.33. The molecule has 61 heavy (non-hydrogen) atoms. The van der Waals surface area contributed by atoms with Gasteiger partial charge in [-0.25, -0.2) is 4.98 Å². The summed E-state index contributed by atoms with van der Waals surface area (Å²) in [5.41, 5.74) is 2.59. The fourth-order valence-electron chi connectivity index (χ4n) is 10.0. The van der Waals surface area contributed by atoms with Gasteiger partial charge in [-0.3, -0.25) is 29.5 Å². The summed E-state index contributed by atoms with van der Waals surface area (Å²) in [5.74, 6) is -7.35. The van der Waals surface area contributed by atoms with Crippen molar-refractivity contribution in [2.45, 2.75) is 37.3 Å². The van der Waals surface area contributed by atoms with Crippen molar-refractivity contribution in [3.8, 4) is 11.5 Å². The molecule has 4 aromatic rings. The van der Waals surface area contributed by atoms with Crippen molar-refractivity contribution in [2.75, 3.05) is 48.1 Å². The smallest absolute Gasteiger partial charge is 0.417 e. The van der Waals surface area contributed by atoms with Gasteiger partial charge in [-0.15, -0.1) is 0 Å². The Balaban J connectivity index is 1.17. The molecule has 3 aromatic carbocycles. The summed E-state index contributed by atoms with van der Waals surface area (Å²) >= 11 is 12.7. The lowest BCUT2D eigenvalue weighted by molar-refractivity contribution is -0.139. The van der Waals surface area contributed by atoms with Gasteiger partial charge in [0.2, 0.25) is 11.8 Å². The number of aromatic nitrogens is 1. The number of nitrogens with zero attached hydrogens (tertiary/aromatic N) is 4. The van der Waals surface area contributed by atoms with E-state index in [4.69, 9.17) is 32.7 Å². The lowest BCUT2D eigenvalue weighted by Gasteiger charge is -2.50. The van der Waals surface area contributed by atoms with Crippen LogP contribution in [0, 0.1) is 23.7 Å². The maximum atomic E-state index is 15.5. The largest absolute Gasteiger partial charge is 0.504 e. The predicted octanol–water partition coefficient (Wildman–Crippen LogP) is 7.54. The number of imide groups is 2. The summed E-state index contributed by atoms with van der Waals surface area (Å²) in [6.07, 6.45) is -2.23. The molecule has 3 saturated heterocycles. The van der Waals surface area contributed by atoms with Crippen molar-refractivity contribution in [3.05, 3.63) is 117 Å². The van der Waals surface area contributed by atoms with Gasteiger partial charge in [0.25, 0.3) is 11.8 Å². The average molecular weight is 877 g/mol. The Morgan fingerprint density at radius 3 is 2.30 bits per heavy atom. The van der Waals surface area contributed by atoms with E-state index in [-0.39, 0.29) is 42.7 Å². The van der Waals surface area contributed by atoms with Crippen LogP contribution in [0.2, 0.25) is 10.0 Å². The molecule has 0 spiro atoms. The topological polar surface area (TPSA) is 142 Å². The Kier molecular flexibility index (Phi) is 10.3. The third-order valence-corrected chi connectivity index (χ3v) is 13.2. The molecule has 2 aliphatic carbocycles. The van der Waals surface area contributed by atoms with Crippen molar-refractivity contribution < 1.29 is 46.9 Å². The number of phenols is 1. The number of hydrazine groups is 1. The first-order valence-electron chi connectivity index (χ1n) is 19.8. The monoisotopic (exact) mass is 875 g/mol. The summed E-state index contributed by atoms with van der Waals surface area (Å²) < 4.78 is 52.0. The molecular weight excluding hydrogens is 838 g/mol. The van der Waals surface area contributed by atoms with Gasteiger partial charge in [-0.1, -0.05) is 53.1 Å². The number of anilines is 3. The van der Waals surface area contributed by atoms with Crippen LogP contribution in [0.15, 0.2) is 90.6 Å². The Morgan fingerprint density at radius 2 is 1.62 bits per heavy atom. The number of carbonyl (C=O) groups excluding carboxylic acids is 4. The first-order valence-corrected chi connectivity index (χ1v) is 20.6. The number of rotatable bonds is 8. The number of amides is 4. The second-order valence-electron chi connectivity index (χ2n) is 15.7. The van der Waals surface area contributed by atoms with Gasteiger partial charge in [0.15, 0.2) is 17.3 Å². The van der Waals surface area contributed by atoms with E-state index in [0.29, 0.717) is 66.0 Å². The fraction of sp³-hybridized carbons (Fsp3) is 0.341. The highest BCUT2D eigenvalue weighted by Crippen LogP contribution is 2.64. The molecule has 4 amide bonds. The maximum Gasteiger partial charge on any atom is 0.417 e. The number of carbonyl (C=O) groups is 4. The highest BCUT2D eigenvalue weighted by atomic mass is 35.5. The molecule has 3 aliphatic heterocycles. The van der Waals surface area contributed by atoms with Crippen molar-refractivity contribution in [3.63, 3.8) is 0 Å². The fourth-order valence-corrected chi connectivity index (χ4v) is 10.4. The number of phenolic OH excluding ortho intramolecular Hbond substituents is 1. The average Bonchev–Trinajstić information content (AvgIpc) is 3.63. The standard InChI is InChI=1S/C44H38Cl2F3N5O7/c1-2-61-35-19-23(3-14-34(35)55)37-29-12-13-30-36(41(58)53(39(30)56)28-10-8-27(9-11-28)52-15-17-60-18-16-52)31(29)21-32-40(57)54(42(59)43(32,37)24-4-6-26(45)7-5-24)51-38-33(46)20-25(22-50-38)44(47,48)49/h3-12,14,19-20,22,30-32,36-37,55H,2,13,15-18,21H2,1H3,(H,50,51)/t30-,31+,32-,36-,37-,43+/m0/s1. The second kappa shape index (κ2) is 15.4. The van der Waals surface area contributed by atoms with Crippen LogP contribution in [-0.4, -0.2) is 71.6 Å². The molecule has 0 bridgehead atoms. The third kappa shape index (κ3) is 6.59. The molecule has 0 radical (unpaired) electrons. The number of morpholine rings is 1. The van der Waals surface area contributed by atoms with Gasteiger partial charge in [-0.05, 0) is 91.4 Å². The van der Waals surface area contributed by atoms with E-state index in [2.05, 4.69) is 15.3 Å². The molecule has 1 saturated carbocycles. The molecule has 2 N–H and O–H groups in total. The minimum absolute atomic E-state index is 0.0533. The highest BCUT2D eigenvalue weighted by Gasteiger charge is 2.70. The van der Waals surface area contributed by atoms with E-state index in [0.717, 1.165) is 10.7 Å². The Hall–Kier alpha value is -5.64. The van der Waals surface area contributed by atoms with Crippen molar-refractivity contribution in [2.24, 2.45) is 23.7 Å². The summed E-state index contributed by atoms with van der Waals surface area (Å²) in [6.45, 7) is 4.52. The Morgan fingerprint density at radius 1 is 0.918 bits per heavy atom. The number of aromatic hydroxyl groups is 1. The molecule has 4 heterocycles. The van der Waals surface area contributed by atoms with E-state index in [9.17, 15) is 27.9 Å². The lowest BCUT2D eigenvalue weighted by Crippen LogP contribution is -2.53. The van der Waals surface area contributed by atoms with Crippen LogP contribution < -0.4 is 20.0 Å². The zero-order valence-corrected chi connectivity index (χ0v) is 34.0. The second-order valence-corrected chi connectivity index (χ2v) is 16.6. The number of benzene rings is 3. The molecule has 1 aromatic heterocycles. The summed E-state index contributed by atoms with van der Waals surface area (Å²) in [6, 6.07) is 19.0. The summed E-state index contributed by atoms with van der Waals surface area (Å²) in [7, 11) is 0. The normalized spacial score (nSPS) is 26.2. The molecule has 17 heteroatoms. The number of pyridine rings is 1. The first-order chi connectivity index (χ1) is 29.2. The van der Waals surface area contributed by atoms with Crippen LogP contribution in [0.3, 0.4) is 0 Å². The van der Waals surface area contributed by atoms with Crippen LogP contribution in [0.4, 0.5) is 30.4 Å². The molecule has 6 atom stereocenters. The van der Waals surface area contributed by atoms with Gasteiger partial charge < -0.3 is 19.5 Å². The molecular formula is C44H38Cl2F3N5O7. The number of allylic oxidation sites excluding steroid dienone is 2. The van der Waals surface area contributed by atoms with Crippen LogP contribution in [0.25, 0.3) is 0 Å². The van der Waals surface area contributed by atoms with Crippen molar-refractivity contribution in [1.82, 2.24) is 9.99 Å². The molecule has 5 aliphatic rings. The van der Waals surface area contributed by atoms with Crippen molar-refractivity contribution >= 4 is 64.0 Å². The van der Waals surface area contributed by atoms with E-state index in [1.807, 2.05) is 18.2 Å². The van der Waals surface area contributed by atoms with E-state index in [1.54, 1.807) is 55.5 Å². The summed E-state index contributed by atoms with van der Waals surface area (Å²) in [4.78, 5) is 66.8. The SMILES string of the molecule is CCOc1cc([C@H]2C3=CC[C@@H]4C(=O)N(c5ccc(N6CCOCC6)cc5)C(=O)[C@@H]4[C@@H]3C[C@H]3C(=O)N(Nc4ncc(C(F)(F)F)cc4Cl)C(=O)[C@@]23c2ccc(Cl)cc2)ccc1O. The minimum atomic E-state index is -4.76. The van der Waals surface area contributed by atoms with Crippen molar-refractivity contribution in [1.29, 1.82) is 0 Å². The van der Waals surface area contributed by atoms with Gasteiger partial charge in [-0.2, -0.15) is 18.2 Å². The van der Waals surface area contributed by atoms with Crippen LogP contribution in [-0.2, 0) is 35.5 Å². The zero-order valence-electron chi connectivity index (χ0n) is 32.5. The Bertz CT molecular complexity index is 2480. The third-order valence-electron chi connectivity index (χ3n) is 12.7. The number of alkyl halides is 3. The number of fused-ring (bicyclic) bond motifs is 4. The lowest BCUT2D eigenvalue weighted by atomic mass is 9.49. The number of hydrogen-bond donors (Lipinski definition) is 2. The number of nitrogens with one attached hydrogen (secondary N) is 1. The minimum Gasteiger partial charge on any atom is -0.504 e. The quantitative estimate of drug-likeness (QED) is 0.135. The molecule has 4 fully saturated rings. The summed E-state index contributed by atoms with van der Waals surface area (Å²) in [5, 5.41) is 11.4. The number of halogens is 5. The molecule has 9 rings (SSSR count). The van der Waals surface area contributed by atoms with Crippen LogP contribution in [0.1, 0.15) is 42.4 Å². The molecule has 316 valence electrons. The maximum absolute atomic E-state index is 15.5. The van der Waals surface area contributed by atoms with Gasteiger partial charge in [0.05, 0.1) is 59.3 Å². The van der Waals surface area contributed by atoms with Crippen LogP contribution in [0.5, 0.6) is 11.5 Å². The van der Waals surface area contributed by atoms with E-state index < -0.39 is 69.5 Å². The molecule has 12 nitrogen and oxygen atoms in total. The van der Waals surface area contributed by atoms with E-state index >= 15 is 9.59 Å². The van der Waals surface area contributed by atoms with Gasteiger partial charge >= 0.3 is 6.18 Å². The van der Waals surface area contributed by atoms with Crippen LogP contribution >= 0.6 is 23.2 Å². The molecule has 0 unspecified atom stereocenters. The number of hydrogen-bond acceptors (Lipinski definition) is 10. The van der Waals surface area contributed by atoms with Gasteiger partial charge in [0.1, 0.15) is 0 Å². The first kappa shape index (κ1) is 40.7. The van der Waals surface area contributed by atoms with Gasteiger partial charge in [0, 0.05) is 35.9 Å². The zero-order chi connectivity index (χ0) is 43.0. The number of ether oxygens (including phenoxy) is 2. The predicted molar refractivity (Wildman–Crippen MR) is 218 cm³/mol. The Labute approximate surface area is 357 Å².